The number of rotatable bonds is 6. The molecule has 0 aromatic heterocycles. The molecule has 0 radical (unpaired) electrons. The first-order valence-electron chi connectivity index (χ1n) is 11.1. The zero-order valence-corrected chi connectivity index (χ0v) is 19.0. The molecule has 0 bridgehead atoms. The molecule has 31 heavy (non-hydrogen) atoms. The van der Waals surface area contributed by atoms with Gasteiger partial charge in [0.2, 0.25) is 11.8 Å². The summed E-state index contributed by atoms with van der Waals surface area (Å²) in [6, 6.07) is 5.50. The Hall–Kier alpha value is -2.10. The van der Waals surface area contributed by atoms with Gasteiger partial charge in [-0.05, 0) is 38.1 Å². The van der Waals surface area contributed by atoms with Crippen LogP contribution in [0.1, 0.15) is 23.2 Å². The predicted octanol–water partition coefficient (Wildman–Crippen LogP) is 0.725. The first-order chi connectivity index (χ1) is 15.0. The lowest BCUT2D eigenvalue weighted by atomic mass is 10.1. The van der Waals surface area contributed by atoms with Gasteiger partial charge in [-0.3, -0.25) is 19.3 Å². The molecule has 1 aromatic rings. The van der Waals surface area contributed by atoms with E-state index in [1.54, 1.807) is 6.07 Å². The number of nitrogens with zero attached hydrogens (tertiary/aromatic N) is 4. The van der Waals surface area contributed by atoms with Crippen molar-refractivity contribution in [3.05, 3.63) is 23.8 Å². The molecule has 2 fully saturated rings. The van der Waals surface area contributed by atoms with Gasteiger partial charge in [0.05, 0.1) is 11.4 Å². The summed E-state index contributed by atoms with van der Waals surface area (Å²) in [5.41, 5.74) is 1.25. The first kappa shape index (κ1) is 22.1. The first-order valence-corrected chi connectivity index (χ1v) is 12.0. The lowest BCUT2D eigenvalue weighted by Crippen LogP contribution is -2.48. The number of nitrogens with one attached hydrogen (secondary N) is 1. The predicted molar refractivity (Wildman–Crippen MR) is 122 cm³/mol. The highest BCUT2D eigenvalue weighted by Gasteiger charge is 2.28. The molecule has 1 N–H and O–H groups in total. The van der Waals surface area contributed by atoms with Crippen LogP contribution >= 0.6 is 11.8 Å². The average Bonchev–Trinajstić information content (AvgIpc) is 3.31. The van der Waals surface area contributed by atoms with E-state index in [-0.39, 0.29) is 24.3 Å². The minimum absolute atomic E-state index is 0.0000922. The largest absolute Gasteiger partial charge is 0.353 e. The molecule has 4 rings (SSSR count). The molecule has 0 spiro atoms. The second kappa shape index (κ2) is 10.0. The van der Waals surface area contributed by atoms with Crippen LogP contribution in [-0.4, -0.2) is 104 Å². The van der Waals surface area contributed by atoms with Crippen molar-refractivity contribution in [2.45, 2.75) is 17.7 Å². The van der Waals surface area contributed by atoms with E-state index in [2.05, 4.69) is 22.2 Å². The molecule has 3 amide bonds. The van der Waals surface area contributed by atoms with Crippen molar-refractivity contribution in [2.75, 3.05) is 76.6 Å². The Morgan fingerprint density at radius 2 is 1.81 bits per heavy atom. The third kappa shape index (κ3) is 5.39. The maximum Gasteiger partial charge on any atom is 0.253 e. The fraction of sp³-hybridized carbons (Fsp3) is 0.591. The van der Waals surface area contributed by atoms with Crippen molar-refractivity contribution in [1.82, 2.24) is 20.0 Å². The number of likely N-dealkylation sites (tertiary alicyclic amines) is 1. The summed E-state index contributed by atoms with van der Waals surface area (Å²) in [4.78, 5) is 46.9. The number of benzene rings is 1. The topological polar surface area (TPSA) is 76.2 Å². The number of carbonyl (C=O) groups is 3. The number of thioether (sulfide) groups is 1. The molecule has 9 heteroatoms. The second-order valence-electron chi connectivity index (χ2n) is 8.45. The zero-order valence-electron chi connectivity index (χ0n) is 18.1. The smallest absolute Gasteiger partial charge is 0.253 e. The summed E-state index contributed by atoms with van der Waals surface area (Å²) >= 11 is 1.46. The van der Waals surface area contributed by atoms with E-state index in [4.69, 9.17) is 0 Å². The lowest BCUT2D eigenvalue weighted by Gasteiger charge is -2.32. The number of carbonyl (C=O) groups excluding carboxylic acids is 3. The highest BCUT2D eigenvalue weighted by molar-refractivity contribution is 8.00. The average molecular weight is 446 g/mol. The molecule has 8 nitrogen and oxygen atoms in total. The normalized spacial score (nSPS) is 20.1. The van der Waals surface area contributed by atoms with E-state index in [9.17, 15) is 14.4 Å². The molecule has 0 unspecified atom stereocenters. The van der Waals surface area contributed by atoms with Crippen LogP contribution in [-0.2, 0) is 9.59 Å². The zero-order chi connectivity index (χ0) is 21.8. The van der Waals surface area contributed by atoms with Crippen LogP contribution in [0.5, 0.6) is 0 Å². The standard InChI is InChI=1S/C22H31N5O3S/c1-24-10-12-25(13-11-24)9-6-23-20(28)15-27-18-14-17(22(30)26-7-2-3-8-26)4-5-19(18)31-16-21(27)29/h4-5,14H,2-3,6-13,15-16H2,1H3,(H,23,28). The molecule has 2 saturated heterocycles. The Morgan fingerprint density at radius 3 is 2.55 bits per heavy atom. The van der Waals surface area contributed by atoms with E-state index in [1.807, 2.05) is 17.0 Å². The van der Waals surface area contributed by atoms with Crippen molar-refractivity contribution in [3.63, 3.8) is 0 Å². The molecular formula is C22H31N5O3S. The monoisotopic (exact) mass is 445 g/mol. The van der Waals surface area contributed by atoms with Crippen LogP contribution in [0.2, 0.25) is 0 Å². The number of amides is 3. The van der Waals surface area contributed by atoms with Gasteiger partial charge in [-0.15, -0.1) is 11.8 Å². The Labute approximate surface area is 187 Å². The van der Waals surface area contributed by atoms with Crippen LogP contribution < -0.4 is 10.2 Å². The van der Waals surface area contributed by atoms with Crippen molar-refractivity contribution in [3.8, 4) is 0 Å². The minimum Gasteiger partial charge on any atom is -0.353 e. The van der Waals surface area contributed by atoms with Gasteiger partial charge < -0.3 is 20.0 Å². The van der Waals surface area contributed by atoms with E-state index in [0.29, 0.717) is 23.5 Å². The van der Waals surface area contributed by atoms with Crippen molar-refractivity contribution >= 4 is 35.2 Å². The highest BCUT2D eigenvalue weighted by Crippen LogP contribution is 2.36. The summed E-state index contributed by atoms with van der Waals surface area (Å²) in [6.45, 7) is 7.04. The van der Waals surface area contributed by atoms with Gasteiger partial charge in [-0.25, -0.2) is 0 Å². The molecule has 3 heterocycles. The summed E-state index contributed by atoms with van der Waals surface area (Å²) in [5, 5.41) is 2.95. The Bertz CT molecular complexity index is 834. The fourth-order valence-electron chi connectivity index (χ4n) is 4.24. The SMILES string of the molecule is CN1CCN(CCNC(=O)CN2C(=O)CSc3ccc(C(=O)N4CCCC4)cc32)CC1. The summed E-state index contributed by atoms with van der Waals surface area (Å²) in [6.07, 6.45) is 2.07. The fourth-order valence-corrected chi connectivity index (χ4v) is 5.15. The molecule has 0 atom stereocenters. The molecule has 0 aliphatic carbocycles. The third-order valence-corrected chi connectivity index (χ3v) is 7.24. The minimum atomic E-state index is -0.170. The summed E-state index contributed by atoms with van der Waals surface area (Å²) < 4.78 is 0. The number of anilines is 1. The van der Waals surface area contributed by atoms with Gasteiger partial charge in [0.1, 0.15) is 6.54 Å². The molecule has 3 aliphatic heterocycles. The van der Waals surface area contributed by atoms with Gasteiger partial charge >= 0.3 is 0 Å². The quantitative estimate of drug-likeness (QED) is 0.696. The number of hydrogen-bond acceptors (Lipinski definition) is 6. The molecule has 1 aromatic carbocycles. The number of fused-ring (bicyclic) bond motifs is 1. The van der Waals surface area contributed by atoms with Crippen LogP contribution in [0, 0.1) is 0 Å². The van der Waals surface area contributed by atoms with Crippen LogP contribution in [0.4, 0.5) is 5.69 Å². The van der Waals surface area contributed by atoms with Crippen LogP contribution in [0.3, 0.4) is 0 Å². The van der Waals surface area contributed by atoms with Gasteiger partial charge in [0.15, 0.2) is 0 Å². The van der Waals surface area contributed by atoms with Crippen LogP contribution in [0.25, 0.3) is 0 Å². The van der Waals surface area contributed by atoms with E-state index < -0.39 is 0 Å². The maximum atomic E-state index is 12.8. The Kier molecular flexibility index (Phi) is 7.14. The Morgan fingerprint density at radius 1 is 1.06 bits per heavy atom. The molecule has 0 saturated carbocycles. The number of hydrogen-bond donors (Lipinski definition) is 1. The molecule has 3 aliphatic rings. The van der Waals surface area contributed by atoms with E-state index in [0.717, 1.165) is 63.6 Å². The lowest BCUT2D eigenvalue weighted by molar-refractivity contribution is -0.123. The summed E-state index contributed by atoms with van der Waals surface area (Å²) in [5.74, 6) is 0.0371. The maximum absolute atomic E-state index is 12.8. The van der Waals surface area contributed by atoms with Crippen LogP contribution in [0.15, 0.2) is 23.1 Å². The number of likely N-dealkylation sites (N-methyl/N-ethyl adjacent to an activating group) is 1. The molecular weight excluding hydrogens is 414 g/mol. The summed E-state index contributed by atoms with van der Waals surface area (Å²) in [7, 11) is 2.12. The Balaban J connectivity index is 1.37. The highest BCUT2D eigenvalue weighted by atomic mass is 32.2. The van der Waals surface area contributed by atoms with Gasteiger partial charge in [-0.2, -0.15) is 0 Å². The van der Waals surface area contributed by atoms with E-state index >= 15 is 0 Å². The van der Waals surface area contributed by atoms with Crippen molar-refractivity contribution in [2.24, 2.45) is 0 Å². The van der Waals surface area contributed by atoms with E-state index in [1.165, 1.54) is 16.7 Å². The van der Waals surface area contributed by atoms with Crippen molar-refractivity contribution < 1.29 is 14.4 Å². The second-order valence-corrected chi connectivity index (χ2v) is 9.46. The van der Waals surface area contributed by atoms with Gasteiger partial charge in [0.25, 0.3) is 5.91 Å². The third-order valence-electron chi connectivity index (χ3n) is 6.19. The van der Waals surface area contributed by atoms with Gasteiger partial charge in [-0.1, -0.05) is 0 Å². The van der Waals surface area contributed by atoms with Crippen molar-refractivity contribution in [1.29, 1.82) is 0 Å². The number of piperazine rings is 1. The van der Waals surface area contributed by atoms with Gasteiger partial charge in [0, 0.05) is 62.8 Å². The molecule has 168 valence electrons.